The van der Waals surface area contributed by atoms with Gasteiger partial charge in [-0.15, -0.1) is 11.3 Å². The fraction of sp³-hybridized carbons (Fsp3) is 0.294. The first-order valence-electron chi connectivity index (χ1n) is 7.53. The van der Waals surface area contributed by atoms with Crippen LogP contribution in [0, 0.1) is 5.92 Å². The Morgan fingerprint density at radius 1 is 1.22 bits per heavy atom. The van der Waals surface area contributed by atoms with E-state index in [0.717, 1.165) is 17.7 Å². The smallest absolute Gasteiger partial charge is 0.263 e. The number of benzene rings is 1. The molecule has 1 fully saturated rings. The zero-order valence-electron chi connectivity index (χ0n) is 12.5. The van der Waals surface area contributed by atoms with Gasteiger partial charge in [-0.05, 0) is 36.4 Å². The number of hydrogen-bond donors (Lipinski definition) is 1. The summed E-state index contributed by atoms with van der Waals surface area (Å²) in [7, 11) is 0. The maximum Gasteiger partial charge on any atom is 0.263 e. The van der Waals surface area contributed by atoms with Crippen LogP contribution in [0.15, 0.2) is 41.8 Å². The largest absolute Gasteiger partial charge is 0.337 e. The van der Waals surface area contributed by atoms with E-state index in [-0.39, 0.29) is 17.7 Å². The summed E-state index contributed by atoms with van der Waals surface area (Å²) >= 11 is 7.51. The maximum absolute atomic E-state index is 12.5. The molecule has 0 aliphatic carbocycles. The number of rotatable bonds is 3. The molecule has 2 aromatic rings. The zero-order valence-corrected chi connectivity index (χ0v) is 14.1. The van der Waals surface area contributed by atoms with Crippen LogP contribution in [-0.4, -0.2) is 29.8 Å². The summed E-state index contributed by atoms with van der Waals surface area (Å²) in [6.45, 7) is 1.15. The van der Waals surface area contributed by atoms with Crippen LogP contribution in [0.25, 0.3) is 0 Å². The zero-order chi connectivity index (χ0) is 16.2. The number of nitrogens with one attached hydrogen (secondary N) is 1. The summed E-state index contributed by atoms with van der Waals surface area (Å²) in [5.41, 5.74) is 0.612. The third kappa shape index (κ3) is 3.74. The molecular formula is C17H17ClN2O2S. The molecule has 4 nitrogen and oxygen atoms in total. The van der Waals surface area contributed by atoms with Gasteiger partial charge in [0.05, 0.1) is 21.5 Å². The summed E-state index contributed by atoms with van der Waals surface area (Å²) in [5, 5.41) is 5.27. The molecule has 1 aliphatic rings. The normalized spacial score (nSPS) is 17.8. The van der Waals surface area contributed by atoms with E-state index in [1.165, 1.54) is 11.3 Å². The van der Waals surface area contributed by atoms with E-state index in [9.17, 15) is 9.59 Å². The van der Waals surface area contributed by atoms with E-state index < -0.39 is 0 Å². The molecule has 120 valence electrons. The fourth-order valence-corrected chi connectivity index (χ4v) is 3.60. The minimum absolute atomic E-state index is 0.00948. The highest BCUT2D eigenvalue weighted by atomic mass is 35.5. The summed E-state index contributed by atoms with van der Waals surface area (Å²) in [6.07, 6.45) is 1.61. The second-order valence-electron chi connectivity index (χ2n) is 5.54. The number of thiophene rings is 1. The van der Waals surface area contributed by atoms with Crippen LogP contribution in [-0.2, 0) is 4.79 Å². The molecule has 1 unspecified atom stereocenters. The van der Waals surface area contributed by atoms with Gasteiger partial charge in [-0.1, -0.05) is 29.8 Å². The minimum atomic E-state index is -0.205. The fourth-order valence-electron chi connectivity index (χ4n) is 2.73. The van der Waals surface area contributed by atoms with Crippen LogP contribution >= 0.6 is 22.9 Å². The van der Waals surface area contributed by atoms with E-state index in [1.54, 1.807) is 17.0 Å². The molecule has 23 heavy (non-hydrogen) atoms. The Hall–Kier alpha value is -1.85. The van der Waals surface area contributed by atoms with Crippen LogP contribution in [0.4, 0.5) is 5.69 Å². The molecule has 1 aromatic carbocycles. The van der Waals surface area contributed by atoms with Gasteiger partial charge >= 0.3 is 0 Å². The maximum atomic E-state index is 12.5. The molecule has 1 N–H and O–H groups in total. The molecule has 0 saturated carbocycles. The van der Waals surface area contributed by atoms with Crippen molar-refractivity contribution in [1.29, 1.82) is 0 Å². The number of para-hydroxylation sites is 1. The molecule has 1 saturated heterocycles. The van der Waals surface area contributed by atoms with Gasteiger partial charge in [-0.25, -0.2) is 0 Å². The highest BCUT2D eigenvalue weighted by molar-refractivity contribution is 7.12. The SMILES string of the molecule is O=C(Nc1ccccc1Cl)C1CCCN(C(=O)c2cccs2)C1. The number of hydrogen-bond acceptors (Lipinski definition) is 3. The van der Waals surface area contributed by atoms with Crippen molar-refractivity contribution in [3.05, 3.63) is 51.7 Å². The van der Waals surface area contributed by atoms with Gasteiger partial charge in [-0.3, -0.25) is 9.59 Å². The Morgan fingerprint density at radius 2 is 2.04 bits per heavy atom. The molecule has 0 bridgehead atoms. The van der Waals surface area contributed by atoms with Crippen molar-refractivity contribution in [1.82, 2.24) is 4.90 Å². The van der Waals surface area contributed by atoms with Gasteiger partial charge in [0.1, 0.15) is 0 Å². The summed E-state index contributed by atoms with van der Waals surface area (Å²) in [4.78, 5) is 27.4. The Morgan fingerprint density at radius 3 is 2.78 bits per heavy atom. The quantitative estimate of drug-likeness (QED) is 0.914. The lowest BCUT2D eigenvalue weighted by Crippen LogP contribution is -2.43. The first-order valence-corrected chi connectivity index (χ1v) is 8.79. The van der Waals surface area contributed by atoms with Crippen LogP contribution in [0.2, 0.25) is 5.02 Å². The summed E-state index contributed by atoms with van der Waals surface area (Å²) in [5.74, 6) is -0.277. The molecule has 2 heterocycles. The molecular weight excluding hydrogens is 332 g/mol. The molecule has 1 aliphatic heterocycles. The molecule has 0 radical (unpaired) electrons. The van der Waals surface area contributed by atoms with Crippen molar-refractivity contribution in [2.24, 2.45) is 5.92 Å². The highest BCUT2D eigenvalue weighted by Crippen LogP contribution is 2.24. The van der Waals surface area contributed by atoms with Gasteiger partial charge in [0.25, 0.3) is 5.91 Å². The van der Waals surface area contributed by atoms with Crippen molar-refractivity contribution in [2.45, 2.75) is 12.8 Å². The molecule has 0 spiro atoms. The van der Waals surface area contributed by atoms with Crippen molar-refractivity contribution < 1.29 is 9.59 Å². The van der Waals surface area contributed by atoms with Crippen molar-refractivity contribution in [3.8, 4) is 0 Å². The number of piperidine rings is 1. The first kappa shape index (κ1) is 16.0. The number of carbonyl (C=O) groups is 2. The Balaban J connectivity index is 1.65. The minimum Gasteiger partial charge on any atom is -0.337 e. The van der Waals surface area contributed by atoms with Crippen molar-refractivity contribution in [2.75, 3.05) is 18.4 Å². The summed E-state index contributed by atoms with van der Waals surface area (Å²) < 4.78 is 0. The van der Waals surface area contributed by atoms with E-state index in [4.69, 9.17) is 11.6 Å². The molecule has 6 heteroatoms. The first-order chi connectivity index (χ1) is 11.1. The van der Waals surface area contributed by atoms with Gasteiger partial charge in [0.2, 0.25) is 5.91 Å². The van der Waals surface area contributed by atoms with Gasteiger partial charge in [0, 0.05) is 13.1 Å². The lowest BCUT2D eigenvalue weighted by molar-refractivity contribution is -0.121. The topological polar surface area (TPSA) is 49.4 Å². The predicted octanol–water partition coefficient (Wildman–Crippen LogP) is 3.89. The second-order valence-corrected chi connectivity index (χ2v) is 6.89. The standard InChI is InChI=1S/C17H17ClN2O2S/c18-13-6-1-2-7-14(13)19-16(21)12-5-3-9-20(11-12)17(22)15-8-4-10-23-15/h1-2,4,6-8,10,12H,3,5,9,11H2,(H,19,21). The van der Waals surface area contributed by atoms with Crippen LogP contribution < -0.4 is 5.32 Å². The lowest BCUT2D eigenvalue weighted by atomic mass is 9.97. The van der Waals surface area contributed by atoms with Crippen molar-refractivity contribution in [3.63, 3.8) is 0 Å². The van der Waals surface area contributed by atoms with Crippen LogP contribution in [0.5, 0.6) is 0 Å². The van der Waals surface area contributed by atoms with Crippen molar-refractivity contribution >= 4 is 40.4 Å². The van der Waals surface area contributed by atoms with E-state index in [0.29, 0.717) is 23.8 Å². The number of carbonyl (C=O) groups excluding carboxylic acids is 2. The van der Waals surface area contributed by atoms with Gasteiger partial charge < -0.3 is 10.2 Å². The van der Waals surface area contributed by atoms with Crippen LogP contribution in [0.3, 0.4) is 0 Å². The average Bonchev–Trinajstić information content (AvgIpc) is 3.11. The Bertz CT molecular complexity index is 702. The summed E-state index contributed by atoms with van der Waals surface area (Å²) in [6, 6.07) is 10.8. The number of nitrogens with zero attached hydrogens (tertiary/aromatic N) is 1. The number of anilines is 1. The third-order valence-corrected chi connectivity index (χ3v) is 5.13. The van der Waals surface area contributed by atoms with E-state index in [2.05, 4.69) is 5.32 Å². The second kappa shape index (κ2) is 7.15. The lowest BCUT2D eigenvalue weighted by Gasteiger charge is -2.31. The third-order valence-electron chi connectivity index (χ3n) is 3.94. The average molecular weight is 349 g/mol. The molecule has 1 aromatic heterocycles. The Labute approximate surface area is 144 Å². The molecule has 1 atom stereocenters. The predicted molar refractivity (Wildman–Crippen MR) is 93.0 cm³/mol. The number of halogens is 1. The Kier molecular flexibility index (Phi) is 4.98. The molecule has 2 amide bonds. The highest BCUT2D eigenvalue weighted by Gasteiger charge is 2.29. The van der Waals surface area contributed by atoms with E-state index >= 15 is 0 Å². The van der Waals surface area contributed by atoms with E-state index in [1.807, 2.05) is 29.6 Å². The number of amides is 2. The van der Waals surface area contributed by atoms with Gasteiger partial charge in [-0.2, -0.15) is 0 Å². The van der Waals surface area contributed by atoms with Crippen LogP contribution in [0.1, 0.15) is 22.5 Å². The monoisotopic (exact) mass is 348 g/mol. The number of likely N-dealkylation sites (tertiary alicyclic amines) is 1. The molecule has 3 rings (SSSR count). The van der Waals surface area contributed by atoms with Gasteiger partial charge in [0.15, 0.2) is 0 Å².